The highest BCUT2D eigenvalue weighted by atomic mass is 79.9. The van der Waals surface area contributed by atoms with E-state index >= 15 is 0 Å². The zero-order valence-corrected chi connectivity index (χ0v) is 23.5. The number of hydrogen-bond acceptors (Lipinski definition) is 6. The summed E-state index contributed by atoms with van der Waals surface area (Å²) in [6.45, 7) is 0.360. The van der Waals surface area contributed by atoms with Gasteiger partial charge < -0.3 is 14.6 Å². The first kappa shape index (κ1) is 26.5. The maximum absolute atomic E-state index is 13.0. The second-order valence-corrected chi connectivity index (χ2v) is 10.5. The number of rotatable bonds is 7. The van der Waals surface area contributed by atoms with E-state index < -0.39 is 5.97 Å². The highest BCUT2D eigenvalue weighted by molar-refractivity contribution is 9.10. The highest BCUT2D eigenvalue weighted by Crippen LogP contribution is 2.40. The molecule has 4 aromatic rings. The number of aromatic carboxylic acids is 1. The first-order valence-corrected chi connectivity index (χ1v) is 13.5. The molecule has 9 heteroatoms. The molecule has 1 saturated heterocycles. The summed E-state index contributed by atoms with van der Waals surface area (Å²) >= 11 is 4.82. The smallest absolute Gasteiger partial charge is 0.335 e. The van der Waals surface area contributed by atoms with E-state index in [-0.39, 0.29) is 11.5 Å². The number of halogens is 1. The number of benzene rings is 4. The number of amides is 1. The molecule has 0 unspecified atom stereocenters. The van der Waals surface area contributed by atoms with Crippen molar-refractivity contribution in [3.8, 4) is 11.5 Å². The molecule has 1 fully saturated rings. The summed E-state index contributed by atoms with van der Waals surface area (Å²) < 4.78 is 12.5. The van der Waals surface area contributed by atoms with Gasteiger partial charge >= 0.3 is 5.97 Å². The molecule has 39 heavy (non-hydrogen) atoms. The molecule has 0 radical (unpaired) electrons. The van der Waals surface area contributed by atoms with E-state index in [4.69, 9.17) is 9.47 Å². The number of ether oxygens (including phenoxy) is 2. The van der Waals surface area contributed by atoms with Crippen LogP contribution >= 0.6 is 27.7 Å². The minimum atomic E-state index is -1.04. The van der Waals surface area contributed by atoms with Crippen molar-refractivity contribution < 1.29 is 24.2 Å². The van der Waals surface area contributed by atoms with Gasteiger partial charge in [0.05, 0.1) is 27.7 Å². The molecule has 0 aliphatic carbocycles. The summed E-state index contributed by atoms with van der Waals surface area (Å²) in [5.41, 5.74) is 2.39. The summed E-state index contributed by atoms with van der Waals surface area (Å²) in [5.74, 6) is -0.153. The van der Waals surface area contributed by atoms with Gasteiger partial charge in [-0.05, 0) is 86.0 Å². The van der Waals surface area contributed by atoms with Crippen LogP contribution in [0.5, 0.6) is 11.5 Å². The number of nitrogens with zero attached hydrogens (tertiary/aromatic N) is 2. The van der Waals surface area contributed by atoms with E-state index in [1.54, 1.807) is 32.4 Å². The lowest BCUT2D eigenvalue weighted by Gasteiger charge is -2.15. The average Bonchev–Trinajstić information content (AvgIpc) is 3.19. The largest absolute Gasteiger partial charge is 0.493 e. The summed E-state index contributed by atoms with van der Waals surface area (Å²) in [7, 11) is 3.21. The number of hydrogen-bond donors (Lipinski definition) is 1. The number of fused-ring (bicyclic) bond motifs is 1. The Hall–Kier alpha value is -4.08. The van der Waals surface area contributed by atoms with Crippen molar-refractivity contribution in [3.63, 3.8) is 0 Å². The molecule has 1 heterocycles. The van der Waals surface area contributed by atoms with E-state index in [0.29, 0.717) is 38.3 Å². The summed E-state index contributed by atoms with van der Waals surface area (Å²) in [6.07, 6.45) is 1.77. The Bertz CT molecular complexity index is 1660. The Labute approximate surface area is 237 Å². The highest BCUT2D eigenvalue weighted by Gasteiger charge is 2.30. The number of carbonyl (C=O) groups is 2. The third-order valence-corrected chi connectivity index (χ3v) is 7.77. The van der Waals surface area contributed by atoms with Crippen molar-refractivity contribution in [2.24, 2.45) is 4.99 Å². The molecular formula is C30H23BrN2O5S. The van der Waals surface area contributed by atoms with Crippen molar-refractivity contribution in [3.05, 3.63) is 105 Å². The van der Waals surface area contributed by atoms with Gasteiger partial charge in [0.15, 0.2) is 16.7 Å². The number of likely N-dealkylation sites (N-methyl/N-ethyl adjacent to an activating group) is 1. The number of aliphatic imine (C=N–C) groups is 1. The Morgan fingerprint density at radius 3 is 2.64 bits per heavy atom. The number of carboxylic acids is 1. The maximum atomic E-state index is 13.0. The number of carboxylic acid groups (broad SMARTS) is 1. The maximum Gasteiger partial charge on any atom is 0.335 e. The normalized spacial score (nSPS) is 15.4. The lowest BCUT2D eigenvalue weighted by Crippen LogP contribution is -2.23. The second-order valence-electron chi connectivity index (χ2n) is 8.69. The first-order valence-electron chi connectivity index (χ1n) is 11.9. The number of amidine groups is 1. The van der Waals surface area contributed by atoms with Crippen molar-refractivity contribution in [1.82, 2.24) is 4.90 Å². The molecular weight excluding hydrogens is 580 g/mol. The van der Waals surface area contributed by atoms with E-state index in [2.05, 4.69) is 39.1 Å². The Kier molecular flexibility index (Phi) is 7.72. The minimum Gasteiger partial charge on any atom is -0.493 e. The van der Waals surface area contributed by atoms with Crippen LogP contribution < -0.4 is 9.47 Å². The van der Waals surface area contributed by atoms with E-state index in [1.165, 1.54) is 28.8 Å². The van der Waals surface area contributed by atoms with Gasteiger partial charge in [0.25, 0.3) is 5.91 Å². The van der Waals surface area contributed by atoms with Crippen LogP contribution in [0.2, 0.25) is 0 Å². The van der Waals surface area contributed by atoms with Gasteiger partial charge in [-0.3, -0.25) is 9.69 Å². The molecule has 1 aliphatic heterocycles. The van der Waals surface area contributed by atoms with Crippen molar-refractivity contribution >= 4 is 67.3 Å². The van der Waals surface area contributed by atoms with E-state index in [9.17, 15) is 14.7 Å². The Morgan fingerprint density at radius 2 is 1.85 bits per heavy atom. The third kappa shape index (κ3) is 5.69. The van der Waals surface area contributed by atoms with Gasteiger partial charge in [0, 0.05) is 7.05 Å². The van der Waals surface area contributed by atoms with E-state index in [0.717, 1.165) is 21.9 Å². The number of carbonyl (C=O) groups excluding carboxylic acids is 1. The SMILES string of the molecule is COc1cc(/C=C2\SC(=Nc3cccc(C(=O)O)c3)N(C)C2=O)cc(Br)c1OCc1cccc2ccccc12. The van der Waals surface area contributed by atoms with Crippen molar-refractivity contribution in [2.45, 2.75) is 6.61 Å². The van der Waals surface area contributed by atoms with Gasteiger partial charge in [-0.15, -0.1) is 0 Å². The molecule has 5 rings (SSSR count). The van der Waals surface area contributed by atoms with Crippen LogP contribution in [-0.2, 0) is 11.4 Å². The zero-order valence-electron chi connectivity index (χ0n) is 21.1. The monoisotopic (exact) mass is 602 g/mol. The summed E-state index contributed by atoms with van der Waals surface area (Å²) in [6, 6.07) is 24.2. The lowest BCUT2D eigenvalue weighted by molar-refractivity contribution is -0.121. The predicted molar refractivity (Wildman–Crippen MR) is 158 cm³/mol. The van der Waals surface area contributed by atoms with E-state index in [1.807, 2.05) is 36.4 Å². The van der Waals surface area contributed by atoms with Crippen LogP contribution in [0.15, 0.2) is 93.2 Å². The van der Waals surface area contributed by atoms with Crippen LogP contribution in [-0.4, -0.2) is 41.2 Å². The molecule has 1 aliphatic rings. The predicted octanol–water partition coefficient (Wildman–Crippen LogP) is 7.12. The number of thioether (sulfide) groups is 1. The van der Waals surface area contributed by atoms with Gasteiger partial charge in [-0.1, -0.05) is 48.5 Å². The molecule has 4 aromatic carbocycles. The fraction of sp³-hybridized carbons (Fsp3) is 0.100. The van der Waals surface area contributed by atoms with Gasteiger partial charge in [-0.2, -0.15) is 0 Å². The standard InChI is InChI=1S/C30H23BrN2O5S/c1-33-28(34)26(39-30(33)32-22-11-6-9-20(16-22)29(35)36)15-18-13-24(31)27(25(14-18)37-2)38-17-21-10-5-8-19-7-3-4-12-23(19)21/h3-16H,17H2,1-2H3,(H,35,36)/b26-15-,32-30?. The molecule has 0 saturated carbocycles. The molecule has 0 spiro atoms. The summed E-state index contributed by atoms with van der Waals surface area (Å²) in [4.78, 5) is 30.6. The minimum absolute atomic E-state index is 0.129. The molecule has 7 nitrogen and oxygen atoms in total. The molecule has 0 aromatic heterocycles. The molecule has 0 bridgehead atoms. The van der Waals surface area contributed by atoms with Gasteiger partial charge in [-0.25, -0.2) is 9.79 Å². The van der Waals surface area contributed by atoms with Gasteiger partial charge in [0.2, 0.25) is 0 Å². The second kappa shape index (κ2) is 11.3. The fourth-order valence-corrected chi connectivity index (χ4v) is 5.71. The molecule has 0 atom stereocenters. The van der Waals surface area contributed by atoms with Crippen LogP contribution in [0.4, 0.5) is 5.69 Å². The van der Waals surface area contributed by atoms with Crippen LogP contribution in [0.25, 0.3) is 16.8 Å². The van der Waals surface area contributed by atoms with Crippen LogP contribution in [0.3, 0.4) is 0 Å². The molecule has 1 N–H and O–H groups in total. The lowest BCUT2D eigenvalue weighted by atomic mass is 10.1. The average molecular weight is 603 g/mol. The topological polar surface area (TPSA) is 88.4 Å². The van der Waals surface area contributed by atoms with Gasteiger partial charge in [0.1, 0.15) is 6.61 Å². The number of methoxy groups -OCH3 is 1. The molecule has 1 amide bonds. The zero-order chi connectivity index (χ0) is 27.5. The van der Waals surface area contributed by atoms with Crippen molar-refractivity contribution in [2.75, 3.05) is 14.2 Å². The Morgan fingerprint density at radius 1 is 1.08 bits per heavy atom. The summed E-state index contributed by atoms with van der Waals surface area (Å²) in [5, 5.41) is 12.0. The quantitative estimate of drug-likeness (QED) is 0.226. The Balaban J connectivity index is 1.39. The van der Waals surface area contributed by atoms with Crippen LogP contribution in [0.1, 0.15) is 21.5 Å². The fourth-order valence-electron chi connectivity index (χ4n) is 4.15. The first-order chi connectivity index (χ1) is 18.8. The molecule has 196 valence electrons. The van der Waals surface area contributed by atoms with Crippen molar-refractivity contribution in [1.29, 1.82) is 0 Å². The van der Waals surface area contributed by atoms with Crippen LogP contribution in [0, 0.1) is 0 Å². The third-order valence-electron chi connectivity index (χ3n) is 6.12.